The molecular weight excluding hydrogens is 378 g/mol. The van der Waals surface area contributed by atoms with Crippen molar-refractivity contribution in [2.75, 3.05) is 6.61 Å². The molecule has 0 amide bonds. The third-order valence-corrected chi connectivity index (χ3v) is 6.44. The van der Waals surface area contributed by atoms with Gasteiger partial charge in [0.25, 0.3) is 5.56 Å². The second kappa shape index (κ2) is 7.53. The van der Waals surface area contributed by atoms with Gasteiger partial charge in [-0.3, -0.25) is 9.36 Å². The van der Waals surface area contributed by atoms with Gasteiger partial charge < -0.3 is 5.11 Å². The molecule has 0 unspecified atom stereocenters. The van der Waals surface area contributed by atoms with Crippen molar-refractivity contribution in [3.8, 4) is 6.07 Å². The van der Waals surface area contributed by atoms with Crippen LogP contribution in [0.25, 0.3) is 20.3 Å². The number of aliphatic hydroxyl groups is 1. The van der Waals surface area contributed by atoms with Gasteiger partial charge in [-0.2, -0.15) is 5.26 Å². The standard InChI is InChI=1S/C20H15N3O2S2/c21-11-13-5-1-2-6-14(13)12-26-20-22-17-15-7-3-4-8-16(15)27-18(17)19(25)23(20)9-10-24/h1-8,24H,9-10,12H2. The van der Waals surface area contributed by atoms with Gasteiger partial charge in [0.2, 0.25) is 0 Å². The minimum Gasteiger partial charge on any atom is -0.395 e. The summed E-state index contributed by atoms with van der Waals surface area (Å²) in [6, 6.07) is 17.4. The summed E-state index contributed by atoms with van der Waals surface area (Å²) in [5.41, 5.74) is 2.07. The summed E-state index contributed by atoms with van der Waals surface area (Å²) < 4.78 is 3.15. The van der Waals surface area contributed by atoms with E-state index in [0.717, 1.165) is 15.6 Å². The van der Waals surface area contributed by atoms with Crippen LogP contribution in [0.2, 0.25) is 0 Å². The van der Waals surface area contributed by atoms with Gasteiger partial charge in [0.15, 0.2) is 5.16 Å². The first-order valence-corrected chi connectivity index (χ1v) is 10.2. The van der Waals surface area contributed by atoms with Crippen molar-refractivity contribution in [3.05, 3.63) is 70.0 Å². The van der Waals surface area contributed by atoms with Crippen LogP contribution in [-0.4, -0.2) is 21.3 Å². The van der Waals surface area contributed by atoms with E-state index in [-0.39, 0.29) is 18.7 Å². The van der Waals surface area contributed by atoms with Gasteiger partial charge in [0.1, 0.15) is 4.70 Å². The van der Waals surface area contributed by atoms with Crippen LogP contribution in [0.4, 0.5) is 0 Å². The molecule has 2 aromatic heterocycles. The Morgan fingerprint density at radius 1 is 1.19 bits per heavy atom. The molecule has 5 nitrogen and oxygen atoms in total. The first-order valence-electron chi connectivity index (χ1n) is 8.36. The number of aromatic nitrogens is 2. The van der Waals surface area contributed by atoms with Gasteiger partial charge in [0.05, 0.1) is 30.3 Å². The van der Waals surface area contributed by atoms with E-state index in [2.05, 4.69) is 6.07 Å². The van der Waals surface area contributed by atoms with Crippen LogP contribution < -0.4 is 5.56 Å². The van der Waals surface area contributed by atoms with Gasteiger partial charge in [-0.1, -0.05) is 48.2 Å². The van der Waals surface area contributed by atoms with E-state index in [1.807, 2.05) is 42.5 Å². The lowest BCUT2D eigenvalue weighted by molar-refractivity contribution is 0.268. The number of thioether (sulfide) groups is 1. The molecule has 7 heteroatoms. The van der Waals surface area contributed by atoms with Gasteiger partial charge in [0, 0.05) is 15.8 Å². The summed E-state index contributed by atoms with van der Waals surface area (Å²) in [7, 11) is 0. The molecule has 4 rings (SSSR count). The van der Waals surface area contributed by atoms with Crippen LogP contribution in [0.5, 0.6) is 0 Å². The van der Waals surface area contributed by atoms with Crippen LogP contribution in [0.15, 0.2) is 58.5 Å². The largest absolute Gasteiger partial charge is 0.395 e. The highest BCUT2D eigenvalue weighted by Gasteiger charge is 2.16. The van der Waals surface area contributed by atoms with Crippen LogP contribution in [-0.2, 0) is 12.3 Å². The molecule has 27 heavy (non-hydrogen) atoms. The van der Waals surface area contributed by atoms with Crippen LogP contribution in [0.1, 0.15) is 11.1 Å². The monoisotopic (exact) mass is 393 g/mol. The predicted octanol–water partition coefficient (Wildman–Crippen LogP) is 3.77. The Balaban J connectivity index is 1.83. The maximum Gasteiger partial charge on any atom is 0.272 e. The summed E-state index contributed by atoms with van der Waals surface area (Å²) in [6.07, 6.45) is 0. The minimum atomic E-state index is -0.139. The van der Waals surface area contributed by atoms with Gasteiger partial charge in [-0.15, -0.1) is 11.3 Å². The number of nitrogens with zero attached hydrogens (tertiary/aromatic N) is 3. The molecule has 0 fully saturated rings. The lowest BCUT2D eigenvalue weighted by atomic mass is 10.1. The predicted molar refractivity (Wildman–Crippen MR) is 109 cm³/mol. The van der Waals surface area contributed by atoms with Crippen molar-refractivity contribution in [2.24, 2.45) is 0 Å². The molecule has 0 spiro atoms. The van der Waals surface area contributed by atoms with E-state index >= 15 is 0 Å². The van der Waals surface area contributed by atoms with Crippen molar-refractivity contribution in [1.29, 1.82) is 5.26 Å². The number of rotatable bonds is 5. The Morgan fingerprint density at radius 2 is 1.96 bits per heavy atom. The maximum absolute atomic E-state index is 13.0. The van der Waals surface area contributed by atoms with Crippen molar-refractivity contribution in [3.63, 3.8) is 0 Å². The third-order valence-electron chi connectivity index (χ3n) is 4.27. The molecule has 0 bridgehead atoms. The van der Waals surface area contributed by atoms with E-state index in [1.54, 1.807) is 6.07 Å². The second-order valence-electron chi connectivity index (χ2n) is 5.91. The van der Waals surface area contributed by atoms with Crippen LogP contribution in [0.3, 0.4) is 0 Å². The second-order valence-corrected chi connectivity index (χ2v) is 7.90. The number of hydrogen-bond donors (Lipinski definition) is 1. The zero-order valence-electron chi connectivity index (χ0n) is 14.3. The van der Waals surface area contributed by atoms with Crippen LogP contribution >= 0.6 is 23.1 Å². The molecule has 0 saturated carbocycles. The number of aliphatic hydroxyl groups excluding tert-OH is 1. The zero-order chi connectivity index (χ0) is 18.8. The normalized spacial score (nSPS) is 11.1. The Kier molecular flexibility index (Phi) is 4.94. The average molecular weight is 393 g/mol. The molecule has 134 valence electrons. The molecule has 2 heterocycles. The molecular formula is C20H15N3O2S2. The lowest BCUT2D eigenvalue weighted by Gasteiger charge is -2.11. The topological polar surface area (TPSA) is 78.9 Å². The highest BCUT2D eigenvalue weighted by atomic mass is 32.2. The Bertz CT molecular complexity index is 1240. The molecule has 0 radical (unpaired) electrons. The third kappa shape index (κ3) is 3.23. The highest BCUT2D eigenvalue weighted by molar-refractivity contribution is 7.98. The lowest BCUT2D eigenvalue weighted by Crippen LogP contribution is -2.24. The average Bonchev–Trinajstić information content (AvgIpc) is 3.08. The molecule has 0 aliphatic heterocycles. The minimum absolute atomic E-state index is 0.133. The SMILES string of the molecule is N#Cc1ccccc1CSc1nc2c(sc3ccccc32)c(=O)n1CCO. The number of fused-ring (bicyclic) bond motifs is 3. The molecule has 2 aromatic carbocycles. The summed E-state index contributed by atoms with van der Waals surface area (Å²) in [4.78, 5) is 17.8. The Labute approximate surface area is 163 Å². The first-order chi connectivity index (χ1) is 13.2. The molecule has 0 aliphatic carbocycles. The van der Waals surface area contributed by atoms with Crippen molar-refractivity contribution < 1.29 is 5.11 Å². The van der Waals surface area contributed by atoms with Crippen molar-refractivity contribution >= 4 is 43.4 Å². The van der Waals surface area contributed by atoms with E-state index in [1.165, 1.54) is 27.7 Å². The zero-order valence-corrected chi connectivity index (χ0v) is 15.9. The molecule has 1 N–H and O–H groups in total. The Morgan fingerprint density at radius 3 is 2.78 bits per heavy atom. The fourth-order valence-corrected chi connectivity index (χ4v) is 5.07. The summed E-state index contributed by atoms with van der Waals surface area (Å²) in [5.74, 6) is 0.523. The van der Waals surface area contributed by atoms with E-state index < -0.39 is 0 Å². The fourth-order valence-electron chi connectivity index (χ4n) is 2.96. The maximum atomic E-state index is 13.0. The van der Waals surface area contributed by atoms with Crippen molar-refractivity contribution in [1.82, 2.24) is 9.55 Å². The van der Waals surface area contributed by atoms with E-state index in [0.29, 0.717) is 26.7 Å². The molecule has 0 aliphatic rings. The first kappa shape index (κ1) is 17.7. The highest BCUT2D eigenvalue weighted by Crippen LogP contribution is 2.32. The Hall–Kier alpha value is -2.66. The van der Waals surface area contributed by atoms with E-state index in [9.17, 15) is 15.2 Å². The van der Waals surface area contributed by atoms with Crippen molar-refractivity contribution in [2.45, 2.75) is 17.5 Å². The summed E-state index contributed by atoms with van der Waals surface area (Å²) >= 11 is 2.83. The van der Waals surface area contributed by atoms with Gasteiger partial charge >= 0.3 is 0 Å². The molecule has 0 saturated heterocycles. The smallest absolute Gasteiger partial charge is 0.272 e. The molecule has 4 aromatic rings. The fraction of sp³-hybridized carbons (Fsp3) is 0.150. The summed E-state index contributed by atoms with van der Waals surface area (Å²) in [5, 5.41) is 20.2. The molecule has 0 atom stereocenters. The van der Waals surface area contributed by atoms with Gasteiger partial charge in [-0.25, -0.2) is 4.98 Å². The number of benzene rings is 2. The van der Waals surface area contributed by atoms with Gasteiger partial charge in [-0.05, 0) is 17.7 Å². The summed E-state index contributed by atoms with van der Waals surface area (Å²) in [6.45, 7) is 0.0541. The van der Waals surface area contributed by atoms with Crippen LogP contribution in [0, 0.1) is 11.3 Å². The quantitative estimate of drug-likeness (QED) is 0.412. The number of hydrogen-bond acceptors (Lipinski definition) is 6. The number of thiophene rings is 1. The van der Waals surface area contributed by atoms with E-state index in [4.69, 9.17) is 4.98 Å². The number of nitriles is 1.